The number of para-hydroxylation sites is 1. The molecule has 1 N–H and O–H groups in total. The number of halogens is 1. The van der Waals surface area contributed by atoms with Crippen molar-refractivity contribution in [2.24, 2.45) is 0 Å². The minimum atomic E-state index is 0.506. The molecule has 0 aliphatic rings. The molecule has 0 saturated heterocycles. The van der Waals surface area contributed by atoms with Gasteiger partial charge >= 0.3 is 0 Å². The van der Waals surface area contributed by atoms with E-state index in [0.29, 0.717) is 5.15 Å². The number of hydrogen-bond donors (Lipinski definition) is 1. The molecule has 2 rings (SSSR count). The maximum Gasteiger partial charge on any atom is 0.158 e. The van der Waals surface area contributed by atoms with Crippen LogP contribution in [0.25, 0.3) is 10.9 Å². The van der Waals surface area contributed by atoms with Gasteiger partial charge in [0, 0.05) is 11.5 Å². The highest BCUT2D eigenvalue weighted by Crippen LogP contribution is 2.18. The molecule has 2 aromatic rings. The van der Waals surface area contributed by atoms with Crippen LogP contribution < -0.4 is 0 Å². The molecule has 1 aromatic carbocycles. The topological polar surface area (TPSA) is 28.7 Å². The number of H-pyrrole nitrogens is 1. The maximum atomic E-state index is 5.71. The van der Waals surface area contributed by atoms with Gasteiger partial charge in [-0.15, -0.1) is 0 Å². The SMILES string of the molecule is Clc1n[nH]c2[c]cccc12. The van der Waals surface area contributed by atoms with E-state index in [9.17, 15) is 0 Å². The van der Waals surface area contributed by atoms with Crippen molar-refractivity contribution in [3.8, 4) is 0 Å². The minimum Gasteiger partial charge on any atom is -0.276 e. The maximum absolute atomic E-state index is 5.71. The summed E-state index contributed by atoms with van der Waals surface area (Å²) in [6.45, 7) is 0. The van der Waals surface area contributed by atoms with Crippen LogP contribution in [-0.2, 0) is 0 Å². The van der Waals surface area contributed by atoms with Gasteiger partial charge in [0.2, 0.25) is 0 Å². The molecule has 2 nitrogen and oxygen atoms in total. The van der Waals surface area contributed by atoms with Crippen LogP contribution in [0.1, 0.15) is 0 Å². The van der Waals surface area contributed by atoms with E-state index in [0.717, 1.165) is 10.9 Å². The van der Waals surface area contributed by atoms with E-state index in [2.05, 4.69) is 16.3 Å². The van der Waals surface area contributed by atoms with E-state index in [1.54, 1.807) is 0 Å². The zero-order chi connectivity index (χ0) is 6.97. The normalized spacial score (nSPS) is 10.5. The monoisotopic (exact) mass is 151 g/mol. The van der Waals surface area contributed by atoms with Crippen LogP contribution in [0.2, 0.25) is 5.15 Å². The first kappa shape index (κ1) is 5.74. The Morgan fingerprint density at radius 3 is 3.30 bits per heavy atom. The third kappa shape index (κ3) is 0.693. The molecule has 0 fully saturated rings. The Morgan fingerprint density at radius 1 is 1.60 bits per heavy atom. The Morgan fingerprint density at radius 2 is 2.50 bits per heavy atom. The largest absolute Gasteiger partial charge is 0.276 e. The molecule has 0 bridgehead atoms. The second-order valence-corrected chi connectivity index (χ2v) is 2.33. The van der Waals surface area contributed by atoms with Gasteiger partial charge in [-0.05, 0) is 6.07 Å². The lowest BCUT2D eigenvalue weighted by Gasteiger charge is -1.82. The predicted octanol–water partition coefficient (Wildman–Crippen LogP) is 2.02. The van der Waals surface area contributed by atoms with Gasteiger partial charge in [0.1, 0.15) is 0 Å². The zero-order valence-corrected chi connectivity index (χ0v) is 5.81. The van der Waals surface area contributed by atoms with Gasteiger partial charge in [-0.25, -0.2) is 0 Å². The molecule has 0 unspecified atom stereocenters. The zero-order valence-electron chi connectivity index (χ0n) is 5.06. The van der Waals surface area contributed by atoms with Crippen molar-refractivity contribution in [2.75, 3.05) is 0 Å². The molecule has 0 saturated carbocycles. The Labute approximate surface area is 62.8 Å². The number of nitrogens with zero attached hydrogens (tertiary/aromatic N) is 1. The Kier molecular flexibility index (Phi) is 1.14. The quantitative estimate of drug-likeness (QED) is 0.613. The van der Waals surface area contributed by atoms with Crippen molar-refractivity contribution < 1.29 is 0 Å². The van der Waals surface area contributed by atoms with E-state index in [4.69, 9.17) is 11.6 Å². The van der Waals surface area contributed by atoms with Gasteiger partial charge in [-0.2, -0.15) is 5.10 Å². The summed E-state index contributed by atoms with van der Waals surface area (Å²) in [7, 11) is 0. The summed E-state index contributed by atoms with van der Waals surface area (Å²) in [5, 5.41) is 7.98. The van der Waals surface area contributed by atoms with E-state index < -0.39 is 0 Å². The highest BCUT2D eigenvalue weighted by Gasteiger charge is 1.98. The summed E-state index contributed by atoms with van der Waals surface area (Å²) in [5.74, 6) is 0. The van der Waals surface area contributed by atoms with Gasteiger partial charge < -0.3 is 0 Å². The molecule has 0 amide bonds. The van der Waals surface area contributed by atoms with Crippen LogP contribution in [0.5, 0.6) is 0 Å². The van der Waals surface area contributed by atoms with Crippen LogP contribution in [-0.4, -0.2) is 10.2 Å². The van der Waals surface area contributed by atoms with Crippen molar-refractivity contribution in [2.45, 2.75) is 0 Å². The van der Waals surface area contributed by atoms with Crippen molar-refractivity contribution in [3.05, 3.63) is 29.4 Å². The number of hydrogen-bond acceptors (Lipinski definition) is 1. The third-order valence-corrected chi connectivity index (χ3v) is 1.63. The number of aromatic amines is 1. The molecule has 0 spiro atoms. The van der Waals surface area contributed by atoms with Gasteiger partial charge in [0.05, 0.1) is 5.52 Å². The number of nitrogens with one attached hydrogen (secondary N) is 1. The van der Waals surface area contributed by atoms with Crippen LogP contribution in [0.3, 0.4) is 0 Å². The molecule has 49 valence electrons. The fourth-order valence-electron chi connectivity index (χ4n) is 0.866. The Bertz CT molecular complexity index is 353. The molecule has 10 heavy (non-hydrogen) atoms. The number of rotatable bonds is 0. The average molecular weight is 152 g/mol. The third-order valence-electron chi connectivity index (χ3n) is 1.34. The van der Waals surface area contributed by atoms with Crippen LogP contribution >= 0.6 is 11.6 Å². The summed E-state index contributed by atoms with van der Waals surface area (Å²) >= 11 is 5.71. The van der Waals surface area contributed by atoms with Crippen molar-refractivity contribution in [1.29, 1.82) is 0 Å². The van der Waals surface area contributed by atoms with E-state index in [1.807, 2.05) is 18.2 Å². The Hall–Kier alpha value is -1.02. The first-order valence-corrected chi connectivity index (χ1v) is 3.26. The second kappa shape index (κ2) is 1.99. The van der Waals surface area contributed by atoms with E-state index >= 15 is 0 Å². The molecule has 0 aliphatic heterocycles. The minimum absolute atomic E-state index is 0.506. The molecule has 0 atom stereocenters. The summed E-state index contributed by atoms with van der Waals surface area (Å²) in [6.07, 6.45) is 0. The highest BCUT2D eigenvalue weighted by atomic mass is 35.5. The molecule has 3 heteroatoms. The average Bonchev–Trinajstić information content (AvgIpc) is 2.34. The van der Waals surface area contributed by atoms with E-state index in [-0.39, 0.29) is 0 Å². The van der Waals surface area contributed by atoms with Gasteiger partial charge in [0.15, 0.2) is 5.15 Å². The van der Waals surface area contributed by atoms with E-state index in [1.165, 1.54) is 0 Å². The summed E-state index contributed by atoms with van der Waals surface area (Å²) in [4.78, 5) is 0. The van der Waals surface area contributed by atoms with Gasteiger partial charge in [-0.1, -0.05) is 23.7 Å². The van der Waals surface area contributed by atoms with Crippen LogP contribution in [0.4, 0.5) is 0 Å². The molecule has 1 aromatic heterocycles. The lowest BCUT2D eigenvalue weighted by atomic mass is 10.3. The second-order valence-electron chi connectivity index (χ2n) is 1.97. The molecule has 1 radical (unpaired) electrons. The molecular weight excluding hydrogens is 148 g/mol. The lowest BCUT2D eigenvalue weighted by Crippen LogP contribution is -1.64. The number of fused-ring (bicyclic) bond motifs is 1. The smallest absolute Gasteiger partial charge is 0.158 e. The first-order valence-electron chi connectivity index (χ1n) is 2.88. The Balaban J connectivity index is 2.93. The lowest BCUT2D eigenvalue weighted by molar-refractivity contribution is 1.12. The van der Waals surface area contributed by atoms with Crippen LogP contribution in [0, 0.1) is 6.07 Å². The molecule has 0 aliphatic carbocycles. The number of benzene rings is 1. The fourth-order valence-corrected chi connectivity index (χ4v) is 1.07. The molecule has 1 heterocycles. The summed E-state index contributed by atoms with van der Waals surface area (Å²) in [5.41, 5.74) is 0.854. The van der Waals surface area contributed by atoms with Gasteiger partial charge in [0.25, 0.3) is 0 Å². The first-order chi connectivity index (χ1) is 4.88. The van der Waals surface area contributed by atoms with Crippen molar-refractivity contribution >= 4 is 22.5 Å². The predicted molar refractivity (Wildman–Crippen MR) is 39.9 cm³/mol. The summed E-state index contributed by atoms with van der Waals surface area (Å²) < 4.78 is 0. The van der Waals surface area contributed by atoms with Crippen LogP contribution in [0.15, 0.2) is 18.2 Å². The number of aromatic nitrogens is 2. The fraction of sp³-hybridized carbons (Fsp3) is 0. The summed E-state index contributed by atoms with van der Waals surface area (Å²) in [6, 6.07) is 8.56. The van der Waals surface area contributed by atoms with Gasteiger partial charge in [-0.3, -0.25) is 5.10 Å². The van der Waals surface area contributed by atoms with Crippen molar-refractivity contribution in [3.63, 3.8) is 0 Å². The van der Waals surface area contributed by atoms with Crippen molar-refractivity contribution in [1.82, 2.24) is 10.2 Å². The molecular formula is C7H4ClN2. The standard InChI is InChI=1S/C7H4ClN2/c8-7-5-3-1-2-4-6(5)9-10-7/h1-3H,(H,9,10). The highest BCUT2D eigenvalue weighted by molar-refractivity contribution is 6.34.